The van der Waals surface area contributed by atoms with Gasteiger partial charge in [0.25, 0.3) is 0 Å². The van der Waals surface area contributed by atoms with Crippen molar-refractivity contribution in [1.29, 1.82) is 0 Å². The molecule has 1 heterocycles. The molecule has 1 aliphatic carbocycles. The molecule has 0 bridgehead atoms. The van der Waals surface area contributed by atoms with E-state index in [4.69, 9.17) is 0 Å². The first-order valence-electron chi connectivity index (χ1n) is 6.58. The molecule has 0 spiro atoms. The first-order valence-corrected chi connectivity index (χ1v) is 7.75. The van der Waals surface area contributed by atoms with Gasteiger partial charge in [0.15, 0.2) is 0 Å². The van der Waals surface area contributed by atoms with Gasteiger partial charge in [0, 0.05) is 18.3 Å². The Morgan fingerprint density at radius 1 is 1.31 bits per heavy atom. The summed E-state index contributed by atoms with van der Waals surface area (Å²) >= 11 is 0. The van der Waals surface area contributed by atoms with Crippen LogP contribution >= 0.6 is 0 Å². The molecule has 0 aromatic heterocycles. The van der Waals surface area contributed by atoms with Gasteiger partial charge in [-0.15, -0.1) is 0 Å². The zero-order chi connectivity index (χ0) is 12.0. The third kappa shape index (κ3) is 3.70. The van der Waals surface area contributed by atoms with Gasteiger partial charge in [-0.1, -0.05) is 38.3 Å². The van der Waals surface area contributed by atoms with Crippen LogP contribution in [0.5, 0.6) is 0 Å². The minimum atomic E-state index is -0.708. The molecule has 1 fully saturated rings. The number of hydrogen-bond acceptors (Lipinski definition) is 1. The maximum Gasteiger partial charge on any atom is 0.0977 e. The van der Waals surface area contributed by atoms with Crippen molar-refractivity contribution in [2.45, 2.75) is 58.1 Å². The molecule has 2 rings (SSSR count). The third-order valence-electron chi connectivity index (χ3n) is 3.24. The van der Waals surface area contributed by atoms with Crippen LogP contribution in [0.1, 0.15) is 52.9 Å². The number of rotatable bonds is 2. The maximum atomic E-state index is 12.1. The Hall–Kier alpha value is -0.150. The Kier molecular flexibility index (Phi) is 6.29. The maximum absolute atomic E-state index is 12.1. The van der Waals surface area contributed by atoms with Crippen molar-refractivity contribution >= 4 is 11.0 Å². The highest BCUT2D eigenvalue weighted by Gasteiger charge is 2.26. The molecule has 2 aliphatic rings. The highest BCUT2D eigenvalue weighted by molar-refractivity contribution is 7.83. The Bertz CT molecular complexity index is 257. The van der Waals surface area contributed by atoms with Gasteiger partial charge in [-0.25, -0.2) is 8.51 Å². The van der Waals surface area contributed by atoms with E-state index in [2.05, 4.69) is 17.3 Å². The number of nitrogens with zero attached hydrogens (tertiary/aromatic N) is 1. The molecular weight excluding hydrogens is 218 g/mol. The molecule has 0 radical (unpaired) electrons. The summed E-state index contributed by atoms with van der Waals surface area (Å²) in [7, 11) is -0.708. The van der Waals surface area contributed by atoms with Gasteiger partial charge in [0.1, 0.15) is 0 Å². The van der Waals surface area contributed by atoms with Gasteiger partial charge in [0.05, 0.1) is 11.0 Å². The van der Waals surface area contributed by atoms with Gasteiger partial charge < -0.3 is 0 Å². The summed E-state index contributed by atoms with van der Waals surface area (Å²) in [5, 5.41) is 0.460. The lowest BCUT2D eigenvalue weighted by Gasteiger charge is -2.26. The second kappa shape index (κ2) is 7.23. The quantitative estimate of drug-likeness (QED) is 0.682. The average Bonchev–Trinajstić information content (AvgIpc) is 2.85. The second-order valence-corrected chi connectivity index (χ2v) is 6.11. The molecule has 1 aliphatic heterocycles. The van der Waals surface area contributed by atoms with Crippen LogP contribution < -0.4 is 0 Å². The SMILES string of the molecule is CC.CC1=CCN(S(=O)C2CCCC2)CC1. The largest absolute Gasteiger partial charge is 0.242 e. The molecule has 16 heavy (non-hydrogen) atoms. The van der Waals surface area contributed by atoms with Crippen LogP contribution in [0.25, 0.3) is 0 Å². The topological polar surface area (TPSA) is 20.3 Å². The summed E-state index contributed by atoms with van der Waals surface area (Å²) < 4.78 is 14.3. The lowest BCUT2D eigenvalue weighted by Crippen LogP contribution is -2.35. The molecule has 0 N–H and O–H groups in total. The van der Waals surface area contributed by atoms with Gasteiger partial charge >= 0.3 is 0 Å². The van der Waals surface area contributed by atoms with E-state index in [1.807, 2.05) is 13.8 Å². The van der Waals surface area contributed by atoms with Crippen molar-refractivity contribution in [3.05, 3.63) is 11.6 Å². The van der Waals surface area contributed by atoms with Crippen LogP contribution in [-0.4, -0.2) is 26.9 Å². The molecule has 0 aromatic rings. The van der Waals surface area contributed by atoms with E-state index in [1.165, 1.54) is 31.3 Å². The summed E-state index contributed by atoms with van der Waals surface area (Å²) in [4.78, 5) is 0. The van der Waals surface area contributed by atoms with Gasteiger partial charge in [-0.05, 0) is 26.2 Å². The molecule has 1 saturated carbocycles. The monoisotopic (exact) mass is 243 g/mol. The van der Waals surface area contributed by atoms with E-state index >= 15 is 0 Å². The molecule has 0 amide bonds. The van der Waals surface area contributed by atoms with Gasteiger partial charge in [-0.3, -0.25) is 0 Å². The summed E-state index contributed by atoms with van der Waals surface area (Å²) in [6.07, 6.45) is 8.21. The summed E-state index contributed by atoms with van der Waals surface area (Å²) in [6, 6.07) is 0. The van der Waals surface area contributed by atoms with E-state index in [-0.39, 0.29) is 0 Å². The average molecular weight is 243 g/mol. The van der Waals surface area contributed by atoms with Crippen LogP contribution in [0.4, 0.5) is 0 Å². The first-order chi connectivity index (χ1) is 7.77. The molecule has 3 heteroatoms. The van der Waals surface area contributed by atoms with Gasteiger partial charge in [0.2, 0.25) is 0 Å². The summed E-state index contributed by atoms with van der Waals surface area (Å²) in [6.45, 7) is 8.05. The van der Waals surface area contributed by atoms with Crippen LogP contribution in [0.2, 0.25) is 0 Å². The van der Waals surface area contributed by atoms with Crippen molar-refractivity contribution in [2.24, 2.45) is 0 Å². The van der Waals surface area contributed by atoms with E-state index in [9.17, 15) is 4.21 Å². The highest BCUT2D eigenvalue weighted by Crippen LogP contribution is 2.25. The molecule has 94 valence electrons. The lowest BCUT2D eigenvalue weighted by molar-refractivity contribution is 0.462. The first kappa shape index (κ1) is 13.9. The summed E-state index contributed by atoms with van der Waals surface area (Å²) in [5.41, 5.74) is 1.45. The van der Waals surface area contributed by atoms with Crippen LogP contribution in [-0.2, 0) is 11.0 Å². The van der Waals surface area contributed by atoms with Crippen molar-refractivity contribution in [3.8, 4) is 0 Å². The van der Waals surface area contributed by atoms with Crippen molar-refractivity contribution in [1.82, 2.24) is 4.31 Å². The van der Waals surface area contributed by atoms with E-state index in [0.29, 0.717) is 5.25 Å². The van der Waals surface area contributed by atoms with Crippen LogP contribution in [0, 0.1) is 0 Å². The minimum absolute atomic E-state index is 0.460. The van der Waals surface area contributed by atoms with Crippen LogP contribution in [0.15, 0.2) is 11.6 Å². The Labute approximate surface area is 103 Å². The molecule has 1 atom stereocenters. The Morgan fingerprint density at radius 2 is 1.94 bits per heavy atom. The fourth-order valence-corrected chi connectivity index (χ4v) is 3.87. The zero-order valence-corrected chi connectivity index (χ0v) is 11.7. The predicted molar refractivity (Wildman–Crippen MR) is 71.7 cm³/mol. The minimum Gasteiger partial charge on any atom is -0.242 e. The fourth-order valence-electron chi connectivity index (χ4n) is 2.22. The molecule has 1 unspecified atom stereocenters. The lowest BCUT2D eigenvalue weighted by atomic mass is 10.1. The molecule has 2 nitrogen and oxygen atoms in total. The van der Waals surface area contributed by atoms with Crippen molar-refractivity contribution < 1.29 is 4.21 Å². The highest BCUT2D eigenvalue weighted by atomic mass is 32.2. The normalized spacial score (nSPS) is 24.6. The third-order valence-corrected chi connectivity index (χ3v) is 5.12. The second-order valence-electron chi connectivity index (χ2n) is 4.37. The van der Waals surface area contributed by atoms with Crippen molar-refractivity contribution in [3.63, 3.8) is 0 Å². The standard InChI is InChI=1S/C11H19NOS.C2H6/c1-10-6-8-12(9-7-10)14(13)11-4-2-3-5-11;1-2/h6,11H,2-5,7-9H2,1H3;1-2H3. The van der Waals surface area contributed by atoms with Crippen molar-refractivity contribution in [2.75, 3.05) is 13.1 Å². The Balaban J connectivity index is 0.000000606. The van der Waals surface area contributed by atoms with E-state index < -0.39 is 11.0 Å². The fraction of sp³-hybridized carbons (Fsp3) is 0.846. The zero-order valence-electron chi connectivity index (χ0n) is 10.9. The smallest absolute Gasteiger partial charge is 0.0977 e. The van der Waals surface area contributed by atoms with Gasteiger partial charge in [-0.2, -0.15) is 0 Å². The van der Waals surface area contributed by atoms with E-state index in [0.717, 1.165) is 19.5 Å². The number of hydrogen-bond donors (Lipinski definition) is 0. The molecular formula is C13H25NOS. The predicted octanol–water partition coefficient (Wildman–Crippen LogP) is 3.27. The molecule has 0 saturated heterocycles. The Morgan fingerprint density at radius 3 is 2.44 bits per heavy atom. The van der Waals surface area contributed by atoms with Crippen LogP contribution in [0.3, 0.4) is 0 Å². The summed E-state index contributed by atoms with van der Waals surface area (Å²) in [5.74, 6) is 0. The molecule has 0 aromatic carbocycles. The van der Waals surface area contributed by atoms with E-state index in [1.54, 1.807) is 0 Å².